The molecule has 0 saturated carbocycles. The first kappa shape index (κ1) is 13.8. The first-order valence-electron chi connectivity index (χ1n) is 5.99. The number of hydrogen-bond acceptors (Lipinski definition) is 2. The van der Waals surface area contributed by atoms with E-state index in [9.17, 15) is 4.39 Å². The van der Waals surface area contributed by atoms with Gasteiger partial charge in [0.15, 0.2) is 0 Å². The van der Waals surface area contributed by atoms with E-state index in [-0.39, 0.29) is 18.5 Å². The summed E-state index contributed by atoms with van der Waals surface area (Å²) in [6.45, 7) is 1.99. The van der Waals surface area contributed by atoms with Gasteiger partial charge in [-0.1, -0.05) is 29.8 Å². The monoisotopic (exact) mass is 279 g/mol. The molecule has 2 rings (SSSR count). The fourth-order valence-corrected chi connectivity index (χ4v) is 1.93. The smallest absolute Gasteiger partial charge is 0.131 e. The molecule has 19 heavy (non-hydrogen) atoms. The molecule has 100 valence electrons. The first-order chi connectivity index (χ1) is 9.08. The summed E-state index contributed by atoms with van der Waals surface area (Å²) in [4.78, 5) is 0. The highest BCUT2D eigenvalue weighted by molar-refractivity contribution is 6.31. The Kier molecular flexibility index (Phi) is 4.40. The molecule has 0 amide bonds. The molecule has 2 aromatic rings. The third kappa shape index (κ3) is 3.46. The van der Waals surface area contributed by atoms with Crippen molar-refractivity contribution in [2.75, 3.05) is 0 Å². The lowest BCUT2D eigenvalue weighted by atomic mass is 10.1. The highest BCUT2D eigenvalue weighted by atomic mass is 35.5. The van der Waals surface area contributed by atoms with Crippen molar-refractivity contribution in [3.63, 3.8) is 0 Å². The Bertz CT molecular complexity index is 552. The van der Waals surface area contributed by atoms with E-state index in [0.717, 1.165) is 5.56 Å². The molecule has 1 unspecified atom stereocenters. The summed E-state index contributed by atoms with van der Waals surface area (Å²) in [5.74, 6) is 0.282. The Morgan fingerprint density at radius 3 is 2.68 bits per heavy atom. The molecule has 2 nitrogen and oxygen atoms in total. The highest BCUT2D eigenvalue weighted by Crippen LogP contribution is 2.23. The second kappa shape index (κ2) is 6.04. The molecule has 0 spiro atoms. The summed E-state index contributed by atoms with van der Waals surface area (Å²) in [7, 11) is 0. The van der Waals surface area contributed by atoms with Gasteiger partial charge < -0.3 is 10.5 Å². The lowest BCUT2D eigenvalue weighted by molar-refractivity contribution is 0.299. The maximum absolute atomic E-state index is 13.6. The Balaban J connectivity index is 2.12. The van der Waals surface area contributed by atoms with Gasteiger partial charge in [-0.05, 0) is 36.8 Å². The SMILES string of the molecule is CC(N)c1cccc(OCc2c(F)cccc2Cl)c1. The van der Waals surface area contributed by atoms with Gasteiger partial charge in [0.1, 0.15) is 18.2 Å². The molecule has 0 bridgehead atoms. The summed E-state index contributed by atoms with van der Waals surface area (Å²) in [6.07, 6.45) is 0. The van der Waals surface area contributed by atoms with Gasteiger partial charge in [0.05, 0.1) is 5.02 Å². The lowest BCUT2D eigenvalue weighted by Gasteiger charge is -2.11. The van der Waals surface area contributed by atoms with Gasteiger partial charge >= 0.3 is 0 Å². The van der Waals surface area contributed by atoms with Crippen LogP contribution in [0.25, 0.3) is 0 Å². The maximum Gasteiger partial charge on any atom is 0.131 e. The fourth-order valence-electron chi connectivity index (χ4n) is 1.71. The van der Waals surface area contributed by atoms with Crippen molar-refractivity contribution in [1.29, 1.82) is 0 Å². The van der Waals surface area contributed by atoms with Gasteiger partial charge in [-0.2, -0.15) is 0 Å². The zero-order chi connectivity index (χ0) is 13.8. The summed E-state index contributed by atoms with van der Waals surface area (Å²) < 4.78 is 19.1. The molecule has 0 radical (unpaired) electrons. The van der Waals surface area contributed by atoms with Crippen molar-refractivity contribution in [2.45, 2.75) is 19.6 Å². The highest BCUT2D eigenvalue weighted by Gasteiger charge is 2.08. The van der Waals surface area contributed by atoms with Gasteiger partial charge in [0, 0.05) is 11.6 Å². The van der Waals surface area contributed by atoms with Crippen LogP contribution >= 0.6 is 11.6 Å². The fraction of sp³-hybridized carbons (Fsp3) is 0.200. The van der Waals surface area contributed by atoms with Gasteiger partial charge in [-0.15, -0.1) is 0 Å². The minimum atomic E-state index is -0.365. The molecule has 0 aliphatic rings. The van der Waals surface area contributed by atoms with Crippen LogP contribution in [0, 0.1) is 5.82 Å². The zero-order valence-corrected chi connectivity index (χ0v) is 11.3. The Hall–Kier alpha value is -1.58. The van der Waals surface area contributed by atoms with Crippen LogP contribution in [0.1, 0.15) is 24.1 Å². The summed E-state index contributed by atoms with van der Waals surface area (Å²) in [5, 5.41) is 0.364. The number of benzene rings is 2. The van der Waals surface area contributed by atoms with Gasteiger partial charge in [0.25, 0.3) is 0 Å². The van der Waals surface area contributed by atoms with E-state index >= 15 is 0 Å². The minimum absolute atomic E-state index is 0.0689. The molecule has 0 aliphatic heterocycles. The molecule has 0 aromatic heterocycles. The maximum atomic E-state index is 13.6. The van der Waals surface area contributed by atoms with Crippen LogP contribution in [0.2, 0.25) is 5.02 Å². The van der Waals surface area contributed by atoms with Crippen molar-refractivity contribution >= 4 is 11.6 Å². The Morgan fingerprint density at radius 1 is 1.26 bits per heavy atom. The molecule has 4 heteroatoms. The number of ether oxygens (including phenoxy) is 1. The Labute approximate surface area is 117 Å². The van der Waals surface area contributed by atoms with Crippen molar-refractivity contribution in [1.82, 2.24) is 0 Å². The molecule has 0 saturated heterocycles. The molecule has 0 heterocycles. The largest absolute Gasteiger partial charge is 0.489 e. The van der Waals surface area contributed by atoms with E-state index in [1.54, 1.807) is 18.2 Å². The Morgan fingerprint density at radius 2 is 2.00 bits per heavy atom. The number of hydrogen-bond donors (Lipinski definition) is 1. The summed E-state index contributed by atoms with van der Waals surface area (Å²) in [5.41, 5.74) is 7.13. The van der Waals surface area contributed by atoms with Crippen molar-refractivity contribution in [3.05, 3.63) is 64.4 Å². The van der Waals surface area contributed by atoms with E-state index in [2.05, 4.69) is 0 Å². The van der Waals surface area contributed by atoms with Crippen molar-refractivity contribution in [3.8, 4) is 5.75 Å². The summed E-state index contributed by atoms with van der Waals surface area (Å²) in [6, 6.07) is 11.9. The van der Waals surface area contributed by atoms with Crippen LogP contribution in [0.4, 0.5) is 4.39 Å². The number of rotatable bonds is 4. The number of nitrogens with two attached hydrogens (primary N) is 1. The zero-order valence-electron chi connectivity index (χ0n) is 10.6. The van der Waals surface area contributed by atoms with E-state index < -0.39 is 0 Å². The van der Waals surface area contributed by atoms with Crippen LogP contribution < -0.4 is 10.5 Å². The van der Waals surface area contributed by atoms with E-state index in [0.29, 0.717) is 16.3 Å². The molecule has 2 N–H and O–H groups in total. The van der Waals surface area contributed by atoms with E-state index in [4.69, 9.17) is 22.1 Å². The lowest BCUT2D eigenvalue weighted by Crippen LogP contribution is -2.05. The third-order valence-corrected chi connectivity index (χ3v) is 3.18. The molecular formula is C15H15ClFNO. The first-order valence-corrected chi connectivity index (χ1v) is 6.37. The molecular weight excluding hydrogens is 265 g/mol. The van der Waals surface area contributed by atoms with E-state index in [1.807, 2.05) is 25.1 Å². The van der Waals surface area contributed by atoms with Crippen molar-refractivity contribution in [2.24, 2.45) is 5.73 Å². The molecule has 0 fully saturated rings. The predicted octanol–water partition coefficient (Wildman–Crippen LogP) is 4.08. The average molecular weight is 280 g/mol. The number of halogens is 2. The van der Waals surface area contributed by atoms with Gasteiger partial charge in [0.2, 0.25) is 0 Å². The predicted molar refractivity (Wildman–Crippen MR) is 74.8 cm³/mol. The quantitative estimate of drug-likeness (QED) is 0.915. The van der Waals surface area contributed by atoms with E-state index in [1.165, 1.54) is 6.07 Å². The standard InChI is InChI=1S/C15H15ClFNO/c1-10(18)11-4-2-5-12(8-11)19-9-13-14(16)6-3-7-15(13)17/h2-8,10H,9,18H2,1H3. The van der Waals surface area contributed by atoms with Gasteiger partial charge in [-0.3, -0.25) is 0 Å². The van der Waals surface area contributed by atoms with Crippen molar-refractivity contribution < 1.29 is 9.13 Å². The normalized spacial score (nSPS) is 12.2. The molecule has 2 aromatic carbocycles. The topological polar surface area (TPSA) is 35.2 Å². The molecule has 1 atom stereocenters. The van der Waals surface area contributed by atoms with Crippen LogP contribution in [0.5, 0.6) is 5.75 Å². The molecule has 0 aliphatic carbocycles. The van der Waals surface area contributed by atoms with Crippen LogP contribution in [0.3, 0.4) is 0 Å². The van der Waals surface area contributed by atoms with Crippen LogP contribution in [0.15, 0.2) is 42.5 Å². The van der Waals surface area contributed by atoms with Crippen LogP contribution in [-0.4, -0.2) is 0 Å². The minimum Gasteiger partial charge on any atom is -0.489 e. The third-order valence-electron chi connectivity index (χ3n) is 2.83. The van der Waals surface area contributed by atoms with Crippen LogP contribution in [-0.2, 0) is 6.61 Å². The summed E-state index contributed by atoms with van der Waals surface area (Å²) >= 11 is 5.94. The second-order valence-corrected chi connectivity index (χ2v) is 4.76. The van der Waals surface area contributed by atoms with Gasteiger partial charge in [-0.25, -0.2) is 4.39 Å². The average Bonchev–Trinajstić information content (AvgIpc) is 2.38. The second-order valence-electron chi connectivity index (χ2n) is 4.35.